The van der Waals surface area contributed by atoms with Crippen LogP contribution in [0.1, 0.15) is 31.0 Å². The van der Waals surface area contributed by atoms with Gasteiger partial charge >= 0.3 is 0 Å². The van der Waals surface area contributed by atoms with E-state index in [0.717, 1.165) is 24.3 Å². The van der Waals surface area contributed by atoms with E-state index in [1.165, 1.54) is 24.1 Å². The van der Waals surface area contributed by atoms with E-state index in [-0.39, 0.29) is 0 Å². The number of aromatic nitrogens is 2. The molecular weight excluding hydrogens is 222 g/mol. The van der Waals surface area contributed by atoms with Crippen LogP contribution in [0.3, 0.4) is 0 Å². The topological polar surface area (TPSA) is 29.9 Å². The van der Waals surface area contributed by atoms with Crippen molar-refractivity contribution in [1.29, 1.82) is 0 Å². The zero-order valence-electron chi connectivity index (χ0n) is 11.6. The summed E-state index contributed by atoms with van der Waals surface area (Å²) in [7, 11) is 2.00. The highest BCUT2D eigenvalue weighted by Gasteiger charge is 2.38. The van der Waals surface area contributed by atoms with Crippen molar-refractivity contribution in [2.45, 2.75) is 39.3 Å². The number of hydrogen-bond acceptors (Lipinski definition) is 2. The Morgan fingerprint density at radius 1 is 1.44 bits per heavy atom. The molecule has 0 spiro atoms. The van der Waals surface area contributed by atoms with Crippen LogP contribution in [-0.2, 0) is 13.6 Å². The van der Waals surface area contributed by atoms with Crippen molar-refractivity contribution < 1.29 is 0 Å². The fourth-order valence-corrected chi connectivity index (χ4v) is 3.54. The van der Waals surface area contributed by atoms with Gasteiger partial charge in [-0.2, -0.15) is 5.10 Å². The Bertz CT molecular complexity index is 460. The van der Waals surface area contributed by atoms with Crippen molar-refractivity contribution in [3.05, 3.63) is 29.6 Å². The lowest BCUT2D eigenvalue weighted by atomic mass is 9.87. The first-order valence-electron chi connectivity index (χ1n) is 7.04. The maximum Gasteiger partial charge on any atom is 0.0537 e. The molecule has 1 aromatic rings. The SMILES string of the molecule is Cc1c(CNC(C)C2CC3C=CC2C3)cnn1C. The largest absolute Gasteiger partial charge is 0.310 e. The van der Waals surface area contributed by atoms with E-state index in [1.54, 1.807) is 0 Å². The molecule has 0 aromatic carbocycles. The number of fused-ring (bicyclic) bond motifs is 2. The Kier molecular flexibility index (Phi) is 3.02. The number of nitrogens with one attached hydrogen (secondary N) is 1. The monoisotopic (exact) mass is 245 g/mol. The predicted octanol–water partition coefficient (Wildman–Crippen LogP) is 2.42. The van der Waals surface area contributed by atoms with Gasteiger partial charge in [-0.25, -0.2) is 0 Å². The van der Waals surface area contributed by atoms with Crippen molar-refractivity contribution in [2.75, 3.05) is 0 Å². The number of allylic oxidation sites excluding steroid dienone is 2. The molecule has 1 heterocycles. The maximum absolute atomic E-state index is 4.30. The first kappa shape index (κ1) is 12.0. The number of aryl methyl sites for hydroxylation is 1. The van der Waals surface area contributed by atoms with E-state index < -0.39 is 0 Å². The summed E-state index contributed by atoms with van der Waals surface area (Å²) in [5, 5.41) is 7.99. The Hall–Kier alpha value is -1.09. The van der Waals surface area contributed by atoms with Crippen molar-refractivity contribution in [1.82, 2.24) is 15.1 Å². The number of nitrogens with zero attached hydrogens (tertiary/aromatic N) is 2. The molecule has 3 nitrogen and oxygen atoms in total. The molecule has 2 bridgehead atoms. The van der Waals surface area contributed by atoms with Gasteiger partial charge in [0, 0.05) is 30.9 Å². The summed E-state index contributed by atoms with van der Waals surface area (Å²) in [4.78, 5) is 0. The Morgan fingerprint density at radius 3 is 2.83 bits per heavy atom. The van der Waals surface area contributed by atoms with Gasteiger partial charge in [-0.1, -0.05) is 12.2 Å². The van der Waals surface area contributed by atoms with Crippen LogP contribution in [0.15, 0.2) is 18.3 Å². The lowest BCUT2D eigenvalue weighted by Gasteiger charge is -2.26. The van der Waals surface area contributed by atoms with Crippen molar-refractivity contribution in [3.63, 3.8) is 0 Å². The molecule has 4 atom stereocenters. The summed E-state index contributed by atoms with van der Waals surface area (Å²) in [5.74, 6) is 2.52. The van der Waals surface area contributed by atoms with Crippen LogP contribution >= 0.6 is 0 Å². The molecule has 0 radical (unpaired) electrons. The van der Waals surface area contributed by atoms with Crippen molar-refractivity contribution in [2.24, 2.45) is 24.8 Å². The van der Waals surface area contributed by atoms with Crippen LogP contribution in [-0.4, -0.2) is 15.8 Å². The van der Waals surface area contributed by atoms with Gasteiger partial charge in [-0.05, 0) is 44.4 Å². The lowest BCUT2D eigenvalue weighted by molar-refractivity contribution is 0.326. The van der Waals surface area contributed by atoms with Crippen LogP contribution in [0.5, 0.6) is 0 Å². The Balaban J connectivity index is 1.57. The third-order valence-electron chi connectivity index (χ3n) is 4.92. The Labute approximate surface area is 109 Å². The van der Waals surface area contributed by atoms with Crippen LogP contribution in [0.4, 0.5) is 0 Å². The second kappa shape index (κ2) is 4.54. The van der Waals surface area contributed by atoms with Crippen LogP contribution < -0.4 is 5.32 Å². The highest BCUT2D eigenvalue weighted by Crippen LogP contribution is 2.44. The van der Waals surface area contributed by atoms with Crippen LogP contribution in [0.25, 0.3) is 0 Å². The lowest BCUT2D eigenvalue weighted by Crippen LogP contribution is -2.35. The molecule has 4 unspecified atom stereocenters. The zero-order valence-corrected chi connectivity index (χ0v) is 11.6. The second-order valence-electron chi connectivity index (χ2n) is 5.99. The quantitative estimate of drug-likeness (QED) is 0.826. The molecule has 1 N–H and O–H groups in total. The molecule has 2 aliphatic carbocycles. The number of rotatable bonds is 4. The van der Waals surface area contributed by atoms with E-state index in [2.05, 4.69) is 36.4 Å². The summed E-state index contributed by atoms with van der Waals surface area (Å²) >= 11 is 0. The Morgan fingerprint density at radius 2 is 2.28 bits per heavy atom. The van der Waals surface area contributed by atoms with Gasteiger partial charge < -0.3 is 5.32 Å². The van der Waals surface area contributed by atoms with Gasteiger partial charge in [0.25, 0.3) is 0 Å². The highest BCUT2D eigenvalue weighted by atomic mass is 15.3. The maximum atomic E-state index is 4.30. The van der Waals surface area contributed by atoms with Crippen LogP contribution in [0.2, 0.25) is 0 Å². The summed E-state index contributed by atoms with van der Waals surface area (Å²) in [6, 6.07) is 0.601. The molecule has 1 saturated carbocycles. The van der Waals surface area contributed by atoms with Crippen molar-refractivity contribution in [3.8, 4) is 0 Å². The fraction of sp³-hybridized carbons (Fsp3) is 0.667. The van der Waals surface area contributed by atoms with Gasteiger partial charge in [0.15, 0.2) is 0 Å². The number of hydrogen-bond donors (Lipinski definition) is 1. The highest BCUT2D eigenvalue weighted by molar-refractivity contribution is 5.16. The molecule has 3 rings (SSSR count). The smallest absolute Gasteiger partial charge is 0.0537 e. The summed E-state index contributed by atoms with van der Waals surface area (Å²) < 4.78 is 1.95. The molecule has 1 fully saturated rings. The molecule has 3 heteroatoms. The molecular formula is C15H23N3. The minimum absolute atomic E-state index is 0.601. The molecule has 98 valence electrons. The van der Waals surface area contributed by atoms with E-state index in [4.69, 9.17) is 0 Å². The van der Waals surface area contributed by atoms with Crippen LogP contribution in [0, 0.1) is 24.7 Å². The molecule has 0 aliphatic heterocycles. The molecule has 1 aromatic heterocycles. The van der Waals surface area contributed by atoms with Gasteiger partial charge in [-0.3, -0.25) is 4.68 Å². The predicted molar refractivity (Wildman–Crippen MR) is 73.1 cm³/mol. The van der Waals surface area contributed by atoms with Gasteiger partial charge in [0.1, 0.15) is 0 Å². The molecule has 0 amide bonds. The van der Waals surface area contributed by atoms with E-state index >= 15 is 0 Å². The molecule has 0 saturated heterocycles. The minimum atomic E-state index is 0.601. The van der Waals surface area contributed by atoms with Gasteiger partial charge in [0.05, 0.1) is 6.20 Å². The van der Waals surface area contributed by atoms with E-state index in [1.807, 2.05) is 17.9 Å². The first-order chi connectivity index (χ1) is 8.65. The minimum Gasteiger partial charge on any atom is -0.310 e. The van der Waals surface area contributed by atoms with Crippen molar-refractivity contribution >= 4 is 0 Å². The average molecular weight is 245 g/mol. The van der Waals surface area contributed by atoms with Gasteiger partial charge in [-0.15, -0.1) is 0 Å². The summed E-state index contributed by atoms with van der Waals surface area (Å²) in [5.41, 5.74) is 2.59. The molecule has 18 heavy (non-hydrogen) atoms. The standard InChI is InChI=1S/C15H23N3/c1-10(15-7-12-4-5-13(15)6-12)16-8-14-9-17-18(3)11(14)2/h4-5,9-10,12-13,15-16H,6-8H2,1-3H3. The third kappa shape index (κ3) is 2.01. The molecule has 2 aliphatic rings. The van der Waals surface area contributed by atoms with Gasteiger partial charge in [0.2, 0.25) is 0 Å². The zero-order chi connectivity index (χ0) is 12.7. The summed E-state index contributed by atoms with van der Waals surface area (Å²) in [6.07, 6.45) is 9.60. The first-order valence-corrected chi connectivity index (χ1v) is 7.04. The summed E-state index contributed by atoms with van der Waals surface area (Å²) in [6.45, 7) is 5.41. The fourth-order valence-electron chi connectivity index (χ4n) is 3.54. The third-order valence-corrected chi connectivity index (χ3v) is 4.92. The van der Waals surface area contributed by atoms with E-state index in [0.29, 0.717) is 6.04 Å². The van der Waals surface area contributed by atoms with E-state index in [9.17, 15) is 0 Å². The second-order valence-corrected chi connectivity index (χ2v) is 5.99. The normalized spacial score (nSPS) is 31.2. The average Bonchev–Trinajstić information content (AvgIpc) is 3.05.